The predicted octanol–water partition coefficient (Wildman–Crippen LogP) is 4.95. The fourth-order valence-electron chi connectivity index (χ4n) is 4.53. The van der Waals surface area contributed by atoms with Crippen molar-refractivity contribution in [3.05, 3.63) is 114 Å². The van der Waals surface area contributed by atoms with Crippen LogP contribution in [0.5, 0.6) is 0 Å². The number of likely N-dealkylation sites (tertiary alicyclic amines) is 1. The highest BCUT2D eigenvalue weighted by Gasteiger charge is 2.27. The van der Waals surface area contributed by atoms with Gasteiger partial charge in [-0.2, -0.15) is 0 Å². The van der Waals surface area contributed by atoms with E-state index < -0.39 is 0 Å². The van der Waals surface area contributed by atoms with Crippen LogP contribution in [0.25, 0.3) is 5.69 Å². The van der Waals surface area contributed by atoms with Crippen LogP contribution in [0.2, 0.25) is 0 Å². The molecule has 0 aliphatic carbocycles. The first kappa shape index (κ1) is 21.1. The molecule has 0 spiro atoms. The van der Waals surface area contributed by atoms with Crippen molar-refractivity contribution in [2.24, 2.45) is 5.92 Å². The van der Waals surface area contributed by atoms with Crippen molar-refractivity contribution in [1.29, 1.82) is 0 Å². The first-order chi connectivity index (χ1) is 16.3. The summed E-state index contributed by atoms with van der Waals surface area (Å²) in [5.41, 5.74) is 3.43. The molecule has 166 valence electrons. The lowest BCUT2D eigenvalue weighted by Crippen LogP contribution is -2.39. The Hall–Kier alpha value is -3.73. The molecule has 3 aromatic carbocycles. The molecule has 1 fully saturated rings. The van der Waals surface area contributed by atoms with E-state index in [-0.39, 0.29) is 11.7 Å². The average molecular weight is 437 g/mol. The van der Waals surface area contributed by atoms with Crippen LogP contribution >= 0.6 is 0 Å². The quantitative estimate of drug-likeness (QED) is 0.430. The second-order valence-electron chi connectivity index (χ2n) is 8.69. The van der Waals surface area contributed by atoms with E-state index in [1.807, 2.05) is 58.1 Å². The number of hydrogen-bond donors (Lipinski definition) is 0. The largest absolute Gasteiger partial charge is 0.336 e. The summed E-state index contributed by atoms with van der Waals surface area (Å²) in [6, 6.07) is 30.7. The molecule has 0 bridgehead atoms. The highest BCUT2D eigenvalue weighted by atomic mass is 16.2. The van der Waals surface area contributed by atoms with E-state index in [0.717, 1.165) is 49.4 Å². The molecular formula is C28H28N4O. The third-order valence-electron chi connectivity index (χ3n) is 6.34. The van der Waals surface area contributed by atoms with E-state index in [0.29, 0.717) is 12.3 Å². The summed E-state index contributed by atoms with van der Waals surface area (Å²) in [6.07, 6.45) is 3.72. The molecule has 1 amide bonds. The average Bonchev–Trinajstić information content (AvgIpc) is 3.29. The summed E-state index contributed by atoms with van der Waals surface area (Å²) >= 11 is 0. The van der Waals surface area contributed by atoms with Crippen molar-refractivity contribution < 1.29 is 4.79 Å². The Morgan fingerprint density at radius 1 is 0.788 bits per heavy atom. The highest BCUT2D eigenvalue weighted by Crippen LogP contribution is 2.23. The lowest BCUT2D eigenvalue weighted by molar-refractivity contribution is 0.0678. The molecule has 0 N–H and O–H groups in total. The lowest BCUT2D eigenvalue weighted by Gasteiger charge is -2.31. The van der Waals surface area contributed by atoms with Crippen LogP contribution in [0, 0.1) is 5.92 Å². The van der Waals surface area contributed by atoms with E-state index in [9.17, 15) is 4.79 Å². The van der Waals surface area contributed by atoms with E-state index >= 15 is 0 Å². The van der Waals surface area contributed by atoms with Crippen LogP contribution in [-0.2, 0) is 12.8 Å². The fourth-order valence-corrected chi connectivity index (χ4v) is 4.53. The van der Waals surface area contributed by atoms with Crippen LogP contribution in [0.1, 0.15) is 40.4 Å². The topological polar surface area (TPSA) is 51.0 Å². The van der Waals surface area contributed by atoms with Crippen LogP contribution in [-0.4, -0.2) is 38.7 Å². The van der Waals surface area contributed by atoms with Crippen molar-refractivity contribution in [2.75, 3.05) is 13.1 Å². The number of para-hydroxylation sites is 1. The van der Waals surface area contributed by atoms with Gasteiger partial charge in [0.1, 0.15) is 5.82 Å². The minimum atomic E-state index is -0.0721. The molecule has 0 radical (unpaired) electrons. The smallest absolute Gasteiger partial charge is 0.293 e. The van der Waals surface area contributed by atoms with Gasteiger partial charge in [0.25, 0.3) is 5.91 Å². The number of benzene rings is 3. The molecule has 5 heteroatoms. The monoisotopic (exact) mass is 436 g/mol. The maximum absolute atomic E-state index is 13.3. The van der Waals surface area contributed by atoms with E-state index in [1.54, 1.807) is 0 Å². The minimum absolute atomic E-state index is 0.0721. The number of carbonyl (C=O) groups excluding carboxylic acids is 1. The molecule has 5 nitrogen and oxygen atoms in total. The molecule has 1 aromatic heterocycles. The van der Waals surface area contributed by atoms with Crippen molar-refractivity contribution >= 4 is 5.91 Å². The zero-order valence-corrected chi connectivity index (χ0v) is 18.7. The Balaban J connectivity index is 1.32. The summed E-state index contributed by atoms with van der Waals surface area (Å²) in [4.78, 5) is 19.9. The van der Waals surface area contributed by atoms with Gasteiger partial charge >= 0.3 is 0 Å². The predicted molar refractivity (Wildman–Crippen MR) is 129 cm³/mol. The first-order valence-corrected chi connectivity index (χ1v) is 11.6. The van der Waals surface area contributed by atoms with Gasteiger partial charge in [-0.05, 0) is 48.4 Å². The standard InChI is InChI=1S/C28H28N4O/c33-28(31-18-16-24(17-19-31)20-22-10-4-1-5-11-22)27-29-26(21-23-12-6-2-7-13-23)32(30-27)25-14-8-3-9-15-25/h1-15,24H,16-21H2. The van der Waals surface area contributed by atoms with Crippen LogP contribution < -0.4 is 0 Å². The molecule has 0 unspecified atom stereocenters. The van der Waals surface area contributed by atoms with Gasteiger partial charge in [0.15, 0.2) is 0 Å². The van der Waals surface area contributed by atoms with Gasteiger partial charge in [0.2, 0.25) is 5.82 Å². The van der Waals surface area contributed by atoms with Crippen molar-refractivity contribution in [3.8, 4) is 5.69 Å². The highest BCUT2D eigenvalue weighted by molar-refractivity contribution is 5.90. The van der Waals surface area contributed by atoms with Gasteiger partial charge in [-0.1, -0.05) is 78.9 Å². The summed E-state index contributed by atoms with van der Waals surface area (Å²) in [7, 11) is 0. The molecule has 1 aliphatic rings. The lowest BCUT2D eigenvalue weighted by atomic mass is 9.90. The minimum Gasteiger partial charge on any atom is -0.336 e. The molecule has 5 rings (SSSR count). The number of amides is 1. The van der Waals surface area contributed by atoms with Gasteiger partial charge < -0.3 is 4.90 Å². The Bertz CT molecular complexity index is 1180. The molecule has 4 aromatic rings. The van der Waals surface area contributed by atoms with Crippen molar-refractivity contribution in [2.45, 2.75) is 25.7 Å². The fraction of sp³-hybridized carbons (Fsp3) is 0.250. The molecule has 2 heterocycles. The zero-order chi connectivity index (χ0) is 22.5. The molecular weight excluding hydrogens is 408 g/mol. The molecule has 1 aliphatic heterocycles. The van der Waals surface area contributed by atoms with Gasteiger partial charge in [-0.15, -0.1) is 5.10 Å². The summed E-state index contributed by atoms with van der Waals surface area (Å²) in [5.74, 6) is 1.60. The van der Waals surface area contributed by atoms with Crippen LogP contribution in [0.3, 0.4) is 0 Å². The molecule has 1 saturated heterocycles. The molecule has 0 atom stereocenters. The normalized spacial score (nSPS) is 14.4. The SMILES string of the molecule is O=C(c1nc(Cc2ccccc2)n(-c2ccccc2)n1)N1CCC(Cc2ccccc2)CC1. The maximum atomic E-state index is 13.3. The number of hydrogen-bond acceptors (Lipinski definition) is 3. The summed E-state index contributed by atoms with van der Waals surface area (Å²) < 4.78 is 1.81. The van der Waals surface area contributed by atoms with Gasteiger partial charge in [0, 0.05) is 19.5 Å². The Labute approximate surface area is 194 Å². The Morgan fingerprint density at radius 2 is 1.36 bits per heavy atom. The zero-order valence-electron chi connectivity index (χ0n) is 18.7. The van der Waals surface area contributed by atoms with Gasteiger partial charge in [0.05, 0.1) is 5.69 Å². The molecule has 0 saturated carbocycles. The maximum Gasteiger partial charge on any atom is 0.293 e. The second kappa shape index (κ2) is 9.82. The van der Waals surface area contributed by atoms with Gasteiger partial charge in [-0.25, -0.2) is 9.67 Å². The van der Waals surface area contributed by atoms with E-state index in [1.165, 1.54) is 5.56 Å². The number of rotatable bonds is 6. The van der Waals surface area contributed by atoms with Crippen molar-refractivity contribution in [3.63, 3.8) is 0 Å². The Kier molecular flexibility index (Phi) is 6.29. The summed E-state index contributed by atoms with van der Waals surface area (Å²) in [5, 5.41) is 4.65. The third kappa shape index (κ3) is 5.03. The number of piperidine rings is 1. The van der Waals surface area contributed by atoms with E-state index in [4.69, 9.17) is 4.98 Å². The first-order valence-electron chi connectivity index (χ1n) is 11.6. The second-order valence-corrected chi connectivity index (χ2v) is 8.69. The summed E-state index contributed by atoms with van der Waals surface area (Å²) in [6.45, 7) is 1.51. The molecule has 33 heavy (non-hydrogen) atoms. The number of aromatic nitrogens is 3. The van der Waals surface area contributed by atoms with Crippen LogP contribution in [0.4, 0.5) is 0 Å². The third-order valence-corrected chi connectivity index (χ3v) is 6.34. The van der Waals surface area contributed by atoms with Crippen molar-refractivity contribution in [1.82, 2.24) is 19.7 Å². The number of carbonyl (C=O) groups is 1. The van der Waals surface area contributed by atoms with Crippen LogP contribution in [0.15, 0.2) is 91.0 Å². The Morgan fingerprint density at radius 3 is 2.00 bits per heavy atom. The number of nitrogens with zero attached hydrogens (tertiary/aromatic N) is 4. The van der Waals surface area contributed by atoms with Gasteiger partial charge in [-0.3, -0.25) is 4.79 Å². The van der Waals surface area contributed by atoms with E-state index in [2.05, 4.69) is 47.6 Å².